The van der Waals surface area contributed by atoms with E-state index in [-0.39, 0.29) is 18.5 Å². The van der Waals surface area contributed by atoms with E-state index in [0.29, 0.717) is 5.01 Å². The maximum Gasteiger partial charge on any atom is 0.434 e. The number of thiazole rings is 1. The summed E-state index contributed by atoms with van der Waals surface area (Å²) in [7, 11) is 1.59. The van der Waals surface area contributed by atoms with Gasteiger partial charge in [0.1, 0.15) is 5.01 Å². The van der Waals surface area contributed by atoms with Gasteiger partial charge in [0.2, 0.25) is 5.91 Å². The van der Waals surface area contributed by atoms with Gasteiger partial charge in [-0.15, -0.1) is 11.3 Å². The standard InChI is InChI=1S/C12H16F3N3OS/c1-18(11(19)8-4-2-3-5-16-8)6-10-17-9(7-20-10)12(13,14)15/h7-8,16H,2-6H2,1H3. The van der Waals surface area contributed by atoms with E-state index in [4.69, 9.17) is 0 Å². The van der Waals surface area contributed by atoms with Crippen LogP contribution in [0.2, 0.25) is 0 Å². The zero-order valence-electron chi connectivity index (χ0n) is 11.0. The molecule has 4 nitrogen and oxygen atoms in total. The summed E-state index contributed by atoms with van der Waals surface area (Å²) in [4.78, 5) is 17.1. The van der Waals surface area contributed by atoms with Crippen molar-refractivity contribution in [3.05, 3.63) is 16.1 Å². The van der Waals surface area contributed by atoms with Crippen molar-refractivity contribution in [3.63, 3.8) is 0 Å². The molecule has 1 amide bonds. The topological polar surface area (TPSA) is 45.2 Å². The maximum absolute atomic E-state index is 12.4. The summed E-state index contributed by atoms with van der Waals surface area (Å²) in [6.07, 6.45) is -1.61. The Balaban J connectivity index is 1.95. The fourth-order valence-electron chi connectivity index (χ4n) is 2.12. The molecular formula is C12H16F3N3OS. The molecule has 0 aromatic carbocycles. The van der Waals surface area contributed by atoms with Crippen LogP contribution in [0.4, 0.5) is 13.2 Å². The Morgan fingerprint density at radius 2 is 2.30 bits per heavy atom. The van der Waals surface area contributed by atoms with Crippen LogP contribution >= 0.6 is 11.3 Å². The van der Waals surface area contributed by atoms with Crippen molar-refractivity contribution in [3.8, 4) is 0 Å². The first-order valence-electron chi connectivity index (χ1n) is 6.38. The van der Waals surface area contributed by atoms with Crippen molar-refractivity contribution >= 4 is 17.2 Å². The summed E-state index contributed by atoms with van der Waals surface area (Å²) in [6, 6.07) is -0.226. The second kappa shape index (κ2) is 6.09. The van der Waals surface area contributed by atoms with Crippen LogP contribution in [0.5, 0.6) is 0 Å². The van der Waals surface area contributed by atoms with Crippen LogP contribution in [0.3, 0.4) is 0 Å². The Morgan fingerprint density at radius 1 is 1.55 bits per heavy atom. The molecule has 0 spiro atoms. The quantitative estimate of drug-likeness (QED) is 0.931. The number of aromatic nitrogens is 1. The normalized spacial score (nSPS) is 19.9. The molecule has 0 saturated carbocycles. The van der Waals surface area contributed by atoms with Crippen molar-refractivity contribution in [2.45, 2.75) is 38.0 Å². The van der Waals surface area contributed by atoms with Gasteiger partial charge in [0.15, 0.2) is 5.69 Å². The van der Waals surface area contributed by atoms with Gasteiger partial charge in [0.25, 0.3) is 0 Å². The minimum absolute atomic E-state index is 0.0894. The Bertz CT molecular complexity index is 469. The number of halogens is 3. The third-order valence-electron chi connectivity index (χ3n) is 3.20. The minimum atomic E-state index is -4.43. The van der Waals surface area contributed by atoms with Crippen LogP contribution in [-0.2, 0) is 17.5 Å². The van der Waals surface area contributed by atoms with E-state index in [1.54, 1.807) is 7.05 Å². The number of likely N-dealkylation sites (N-methyl/N-ethyl adjacent to an activating group) is 1. The second-order valence-electron chi connectivity index (χ2n) is 4.82. The fourth-order valence-corrected chi connectivity index (χ4v) is 2.98. The molecule has 1 aromatic heterocycles. The number of piperidine rings is 1. The molecule has 0 radical (unpaired) electrons. The highest BCUT2D eigenvalue weighted by atomic mass is 32.1. The number of carbonyl (C=O) groups excluding carboxylic acids is 1. The summed E-state index contributed by atoms with van der Waals surface area (Å²) in [5, 5.41) is 4.40. The highest BCUT2D eigenvalue weighted by Crippen LogP contribution is 2.30. The number of amides is 1. The van der Waals surface area contributed by atoms with Crippen molar-refractivity contribution in [1.82, 2.24) is 15.2 Å². The van der Waals surface area contributed by atoms with Gasteiger partial charge >= 0.3 is 6.18 Å². The lowest BCUT2D eigenvalue weighted by Gasteiger charge is -2.27. The molecule has 2 rings (SSSR count). The van der Waals surface area contributed by atoms with Gasteiger partial charge in [-0.2, -0.15) is 13.2 Å². The maximum atomic E-state index is 12.4. The Labute approximate surface area is 119 Å². The molecule has 8 heteroatoms. The number of hydrogen-bond donors (Lipinski definition) is 1. The molecule has 1 aromatic rings. The molecule has 1 saturated heterocycles. The molecule has 1 fully saturated rings. The second-order valence-corrected chi connectivity index (χ2v) is 5.76. The number of nitrogens with one attached hydrogen (secondary N) is 1. The molecule has 2 heterocycles. The molecule has 1 N–H and O–H groups in total. The summed E-state index contributed by atoms with van der Waals surface area (Å²) in [5.74, 6) is -0.0894. The first kappa shape index (κ1) is 15.2. The van der Waals surface area contributed by atoms with Crippen LogP contribution in [0, 0.1) is 0 Å². The lowest BCUT2D eigenvalue weighted by Crippen LogP contribution is -2.46. The average molecular weight is 307 g/mol. The largest absolute Gasteiger partial charge is 0.434 e. The van der Waals surface area contributed by atoms with Gasteiger partial charge < -0.3 is 10.2 Å². The van der Waals surface area contributed by atoms with E-state index in [9.17, 15) is 18.0 Å². The summed E-state index contributed by atoms with van der Waals surface area (Å²) in [6.45, 7) is 0.914. The monoisotopic (exact) mass is 307 g/mol. The van der Waals surface area contributed by atoms with Crippen molar-refractivity contribution in [1.29, 1.82) is 0 Å². The smallest absolute Gasteiger partial charge is 0.338 e. The lowest BCUT2D eigenvalue weighted by molar-refractivity contribution is -0.140. The van der Waals surface area contributed by atoms with E-state index >= 15 is 0 Å². The van der Waals surface area contributed by atoms with Gasteiger partial charge in [-0.1, -0.05) is 6.42 Å². The predicted molar refractivity (Wildman–Crippen MR) is 69.2 cm³/mol. The first-order chi connectivity index (χ1) is 9.38. The number of carbonyl (C=O) groups is 1. The molecule has 1 aliphatic rings. The van der Waals surface area contributed by atoms with E-state index in [1.165, 1.54) is 4.90 Å². The highest BCUT2D eigenvalue weighted by Gasteiger charge is 2.34. The van der Waals surface area contributed by atoms with E-state index in [1.807, 2.05) is 0 Å². The summed E-state index contributed by atoms with van der Waals surface area (Å²) >= 11 is 0.923. The molecular weight excluding hydrogens is 291 g/mol. The average Bonchev–Trinajstić information content (AvgIpc) is 2.87. The Kier molecular flexibility index (Phi) is 4.64. The Morgan fingerprint density at radius 3 is 2.85 bits per heavy atom. The van der Waals surface area contributed by atoms with Crippen LogP contribution in [0.25, 0.3) is 0 Å². The summed E-state index contributed by atoms with van der Waals surface area (Å²) < 4.78 is 37.3. The SMILES string of the molecule is CN(Cc1nc(C(F)(F)F)cs1)C(=O)C1CCCCN1. The number of rotatable bonds is 3. The van der Waals surface area contributed by atoms with Crippen molar-refractivity contribution in [2.24, 2.45) is 0 Å². The zero-order valence-corrected chi connectivity index (χ0v) is 11.9. The Hall–Kier alpha value is -1.15. The number of alkyl halides is 3. The first-order valence-corrected chi connectivity index (χ1v) is 7.26. The van der Waals surface area contributed by atoms with Crippen molar-refractivity contribution in [2.75, 3.05) is 13.6 Å². The zero-order chi connectivity index (χ0) is 14.8. The molecule has 112 valence electrons. The molecule has 1 atom stereocenters. The molecule has 0 aliphatic carbocycles. The number of nitrogens with zero attached hydrogens (tertiary/aromatic N) is 2. The van der Waals surface area contributed by atoms with Crippen LogP contribution < -0.4 is 5.32 Å². The van der Waals surface area contributed by atoms with Gasteiger partial charge in [0.05, 0.1) is 12.6 Å². The van der Waals surface area contributed by atoms with Crippen molar-refractivity contribution < 1.29 is 18.0 Å². The van der Waals surface area contributed by atoms with E-state index in [0.717, 1.165) is 42.5 Å². The third-order valence-corrected chi connectivity index (χ3v) is 4.03. The van der Waals surface area contributed by atoms with E-state index in [2.05, 4.69) is 10.3 Å². The highest BCUT2D eigenvalue weighted by molar-refractivity contribution is 7.09. The van der Waals surface area contributed by atoms with E-state index < -0.39 is 11.9 Å². The fraction of sp³-hybridized carbons (Fsp3) is 0.667. The summed E-state index contributed by atoms with van der Waals surface area (Å²) in [5.41, 5.74) is -0.894. The van der Waals surface area contributed by atoms with Gasteiger partial charge in [-0.25, -0.2) is 4.98 Å². The molecule has 0 bridgehead atoms. The molecule has 20 heavy (non-hydrogen) atoms. The molecule has 1 aliphatic heterocycles. The van der Waals surface area contributed by atoms with Crippen LogP contribution in [-0.4, -0.2) is 35.4 Å². The van der Waals surface area contributed by atoms with Crippen LogP contribution in [0.1, 0.15) is 30.0 Å². The van der Waals surface area contributed by atoms with Crippen LogP contribution in [0.15, 0.2) is 5.38 Å². The molecule has 1 unspecified atom stereocenters. The minimum Gasteiger partial charge on any atom is -0.338 e. The van der Waals surface area contributed by atoms with Gasteiger partial charge in [-0.05, 0) is 19.4 Å². The number of hydrogen-bond acceptors (Lipinski definition) is 4. The third kappa shape index (κ3) is 3.69. The predicted octanol–water partition coefficient (Wildman–Crippen LogP) is 2.26. The lowest BCUT2D eigenvalue weighted by atomic mass is 10.0. The van der Waals surface area contributed by atoms with Gasteiger partial charge in [0, 0.05) is 12.4 Å². The van der Waals surface area contributed by atoms with Gasteiger partial charge in [-0.3, -0.25) is 4.79 Å².